The molecule has 3 aromatic rings. The van der Waals surface area contributed by atoms with Crippen molar-refractivity contribution in [2.45, 2.75) is 4.75 Å². The van der Waals surface area contributed by atoms with Gasteiger partial charge in [-0.2, -0.15) is 8.42 Å². The van der Waals surface area contributed by atoms with Crippen molar-refractivity contribution < 1.29 is 23.2 Å². The summed E-state index contributed by atoms with van der Waals surface area (Å²) in [5.74, 6) is -0.512. The molecule has 0 aromatic heterocycles. The highest BCUT2D eigenvalue weighted by Gasteiger charge is 2.52. The van der Waals surface area contributed by atoms with Gasteiger partial charge < -0.3 is 10.2 Å². The van der Waals surface area contributed by atoms with Crippen LogP contribution >= 0.6 is 46.4 Å². The Morgan fingerprint density at radius 3 is 1.97 bits per heavy atom. The number of rotatable bonds is 4. The molecule has 0 spiro atoms. The van der Waals surface area contributed by atoms with Crippen LogP contribution in [-0.4, -0.2) is 23.2 Å². The molecule has 1 atom stereocenters. The summed E-state index contributed by atoms with van der Waals surface area (Å²) in [6.45, 7) is 0. The van der Waals surface area contributed by atoms with Crippen molar-refractivity contribution in [2.75, 3.05) is 0 Å². The first-order valence-corrected chi connectivity index (χ1v) is 10.8. The highest BCUT2D eigenvalue weighted by molar-refractivity contribution is 7.87. The topological polar surface area (TPSA) is 94.8 Å². The van der Waals surface area contributed by atoms with E-state index in [2.05, 4.69) is 0 Å². The molecule has 3 rings (SSSR count). The Balaban J connectivity index is 2.65. The summed E-state index contributed by atoms with van der Waals surface area (Å²) < 4.78 is 34.1. The van der Waals surface area contributed by atoms with Crippen molar-refractivity contribution in [1.82, 2.24) is 0 Å². The maximum Gasteiger partial charge on any atom is 0.283 e. The summed E-state index contributed by atoms with van der Waals surface area (Å²) in [5, 5.41) is 19.2. The smallest absolute Gasteiger partial charge is 0.283 e. The van der Waals surface area contributed by atoms with E-state index in [1.165, 1.54) is 42.5 Å². The molecule has 0 fully saturated rings. The molecule has 0 amide bonds. The highest BCUT2D eigenvalue weighted by atomic mass is 35.5. The summed E-state index contributed by atoms with van der Waals surface area (Å²) in [7, 11) is -5.10. The fraction of sp³-hybridized carbons (Fsp3) is 0.0526. The third-order valence-corrected chi connectivity index (χ3v) is 7.23. The van der Waals surface area contributed by atoms with Crippen LogP contribution in [0.25, 0.3) is 0 Å². The Labute approximate surface area is 186 Å². The number of aromatic hydroxyl groups is 2. The van der Waals surface area contributed by atoms with Crippen molar-refractivity contribution in [2.24, 2.45) is 0 Å². The third-order valence-electron chi connectivity index (χ3n) is 4.37. The van der Waals surface area contributed by atoms with Gasteiger partial charge in [-0.05, 0) is 42.0 Å². The molecule has 0 saturated heterocycles. The summed E-state index contributed by atoms with van der Waals surface area (Å²) in [4.78, 5) is 0. The van der Waals surface area contributed by atoms with Crippen LogP contribution < -0.4 is 0 Å². The van der Waals surface area contributed by atoms with Crippen LogP contribution in [0.1, 0.15) is 16.7 Å². The molecule has 0 radical (unpaired) electrons. The van der Waals surface area contributed by atoms with E-state index in [9.17, 15) is 23.2 Å². The lowest BCUT2D eigenvalue weighted by atomic mass is 9.83. The molecule has 10 heteroatoms. The molecular formula is C19H12Cl4O5S. The number of phenols is 2. The normalized spacial score (nSPS) is 13.8. The quantitative estimate of drug-likeness (QED) is 0.239. The van der Waals surface area contributed by atoms with Gasteiger partial charge in [-0.15, -0.1) is 0 Å². The van der Waals surface area contributed by atoms with Crippen LogP contribution in [0, 0.1) is 0 Å². The molecule has 5 nitrogen and oxygen atoms in total. The van der Waals surface area contributed by atoms with Crippen molar-refractivity contribution >= 4 is 56.5 Å². The van der Waals surface area contributed by atoms with E-state index >= 15 is 0 Å². The van der Waals surface area contributed by atoms with Crippen LogP contribution in [0.5, 0.6) is 11.5 Å². The minimum atomic E-state index is -5.10. The van der Waals surface area contributed by atoms with Gasteiger partial charge in [-0.3, -0.25) is 4.55 Å². The predicted octanol–water partition coefficient (Wildman–Crippen LogP) is 5.89. The van der Waals surface area contributed by atoms with Crippen LogP contribution in [0.15, 0.2) is 54.6 Å². The van der Waals surface area contributed by atoms with E-state index in [0.29, 0.717) is 0 Å². The molecule has 0 heterocycles. The minimum absolute atomic E-state index is 0.0193. The molecule has 0 bridgehead atoms. The summed E-state index contributed by atoms with van der Waals surface area (Å²) in [6.07, 6.45) is 0. The molecule has 3 aromatic carbocycles. The molecule has 3 N–H and O–H groups in total. The SMILES string of the molecule is O=S(=O)(O)C(c1cccc(O)c1)(c1ccc(O)cc1Cl)c1c(Cl)ccc(Cl)c1Cl. The molecule has 0 aliphatic carbocycles. The van der Waals surface area contributed by atoms with Gasteiger partial charge in [0, 0.05) is 21.2 Å². The number of benzene rings is 3. The second-order valence-electron chi connectivity index (χ2n) is 6.09. The van der Waals surface area contributed by atoms with Gasteiger partial charge in [0.15, 0.2) is 4.75 Å². The van der Waals surface area contributed by atoms with Crippen molar-refractivity contribution in [3.63, 3.8) is 0 Å². The first-order valence-electron chi connectivity index (χ1n) is 7.89. The molecule has 1 unspecified atom stereocenters. The average Bonchev–Trinajstić information content (AvgIpc) is 2.62. The lowest BCUT2D eigenvalue weighted by molar-refractivity contribution is 0.455. The van der Waals surface area contributed by atoms with E-state index in [-0.39, 0.29) is 48.3 Å². The Morgan fingerprint density at radius 2 is 1.38 bits per heavy atom. The highest BCUT2D eigenvalue weighted by Crippen LogP contribution is 2.52. The Hall–Kier alpha value is -1.67. The van der Waals surface area contributed by atoms with Crippen LogP contribution in [0.3, 0.4) is 0 Å². The minimum Gasteiger partial charge on any atom is -0.508 e. The van der Waals surface area contributed by atoms with Crippen LogP contribution in [-0.2, 0) is 14.9 Å². The summed E-state index contributed by atoms with van der Waals surface area (Å²) >= 11 is 25.1. The largest absolute Gasteiger partial charge is 0.508 e. The third kappa shape index (κ3) is 3.65. The van der Waals surface area contributed by atoms with Gasteiger partial charge in [0.1, 0.15) is 11.5 Å². The molecule has 29 heavy (non-hydrogen) atoms. The number of halogens is 4. The Morgan fingerprint density at radius 1 is 0.759 bits per heavy atom. The van der Waals surface area contributed by atoms with E-state index < -0.39 is 14.9 Å². The van der Waals surface area contributed by atoms with Crippen LogP contribution in [0.2, 0.25) is 20.1 Å². The Kier molecular flexibility index (Phi) is 5.98. The lowest BCUT2D eigenvalue weighted by Gasteiger charge is -2.34. The van der Waals surface area contributed by atoms with Gasteiger partial charge in [0.2, 0.25) is 0 Å². The monoisotopic (exact) mass is 492 g/mol. The van der Waals surface area contributed by atoms with Crippen molar-refractivity contribution in [3.05, 3.63) is 91.4 Å². The number of hydrogen-bond donors (Lipinski definition) is 3. The lowest BCUT2D eigenvalue weighted by Crippen LogP contribution is -2.39. The van der Waals surface area contributed by atoms with E-state index in [4.69, 9.17) is 46.4 Å². The zero-order valence-corrected chi connectivity index (χ0v) is 18.1. The fourth-order valence-corrected chi connectivity index (χ4v) is 5.86. The number of hydrogen-bond acceptors (Lipinski definition) is 4. The first-order chi connectivity index (χ1) is 13.5. The van der Waals surface area contributed by atoms with Gasteiger partial charge in [-0.25, -0.2) is 0 Å². The van der Waals surface area contributed by atoms with Gasteiger partial charge >= 0.3 is 0 Å². The molecular weight excluding hydrogens is 482 g/mol. The van der Waals surface area contributed by atoms with Gasteiger partial charge in [0.25, 0.3) is 10.1 Å². The predicted molar refractivity (Wildman–Crippen MR) is 114 cm³/mol. The number of phenolic OH excluding ortho intramolecular Hbond substituents is 2. The van der Waals surface area contributed by atoms with E-state index in [1.54, 1.807) is 0 Å². The van der Waals surface area contributed by atoms with E-state index in [0.717, 1.165) is 12.1 Å². The molecule has 0 aliphatic rings. The zero-order chi connectivity index (χ0) is 21.6. The van der Waals surface area contributed by atoms with E-state index in [1.807, 2.05) is 0 Å². The van der Waals surface area contributed by atoms with Crippen molar-refractivity contribution in [1.29, 1.82) is 0 Å². The fourth-order valence-electron chi connectivity index (χ4n) is 3.22. The Bertz CT molecular complexity index is 1210. The second kappa shape index (κ2) is 7.87. The standard InChI is InChI=1S/C19H12Cl4O5S/c20-14-6-7-15(21)18(23)17(14)19(29(26,27)28,10-2-1-3-11(24)8-10)13-5-4-12(25)9-16(13)22/h1-9,24-25H,(H,26,27,28). The second-order valence-corrected chi connectivity index (χ2v) is 9.25. The van der Waals surface area contributed by atoms with Crippen LogP contribution in [0.4, 0.5) is 0 Å². The average molecular weight is 494 g/mol. The zero-order valence-electron chi connectivity index (χ0n) is 14.3. The molecule has 152 valence electrons. The maximum atomic E-state index is 13.0. The summed E-state index contributed by atoms with van der Waals surface area (Å²) in [5.41, 5.74) is -0.510. The molecule has 0 saturated carbocycles. The maximum absolute atomic E-state index is 13.0. The van der Waals surface area contributed by atoms with Crippen molar-refractivity contribution in [3.8, 4) is 11.5 Å². The molecule has 0 aliphatic heterocycles. The summed E-state index contributed by atoms with van der Waals surface area (Å²) in [6, 6.07) is 11.4. The first kappa shape index (κ1) is 22.0. The van der Waals surface area contributed by atoms with Gasteiger partial charge in [-0.1, -0.05) is 64.6 Å². The van der Waals surface area contributed by atoms with Gasteiger partial charge in [0.05, 0.1) is 10.0 Å².